The lowest BCUT2D eigenvalue weighted by molar-refractivity contribution is -0.110. The molecule has 2 aromatic carbocycles. The Morgan fingerprint density at radius 3 is 2.45 bits per heavy atom. The molecule has 200 valence electrons. The second-order valence-electron chi connectivity index (χ2n) is 10.1. The first-order valence-corrected chi connectivity index (χ1v) is 13.5. The van der Waals surface area contributed by atoms with Gasteiger partial charge in [0.25, 0.3) is 11.8 Å². The molecule has 2 amide bonds. The number of aliphatic imine (C=N–C) groups is 1. The number of amides is 2. The number of carbonyl (C=O) groups is 2. The average molecular weight is 532 g/mol. The van der Waals surface area contributed by atoms with Crippen LogP contribution in [0.15, 0.2) is 90.3 Å². The zero-order valence-electron chi connectivity index (χ0n) is 22.1. The van der Waals surface area contributed by atoms with Gasteiger partial charge in [0.2, 0.25) is 0 Å². The molecule has 1 aliphatic heterocycles. The highest BCUT2D eigenvalue weighted by atomic mass is 16.5. The number of fused-ring (bicyclic) bond motifs is 1. The minimum absolute atomic E-state index is 0.143. The van der Waals surface area contributed by atoms with Crippen LogP contribution in [-0.2, 0) is 4.79 Å². The summed E-state index contributed by atoms with van der Waals surface area (Å²) >= 11 is 0. The number of benzene rings is 2. The molecule has 2 aliphatic rings. The van der Waals surface area contributed by atoms with Gasteiger partial charge in [0.05, 0.1) is 24.1 Å². The van der Waals surface area contributed by atoms with Crippen molar-refractivity contribution in [2.45, 2.75) is 44.7 Å². The molecule has 8 heteroatoms. The molecule has 1 aliphatic carbocycles. The Kier molecular flexibility index (Phi) is 7.06. The maximum absolute atomic E-state index is 13.3. The summed E-state index contributed by atoms with van der Waals surface area (Å²) in [7, 11) is 0. The minimum atomic E-state index is -0.327. The van der Waals surface area contributed by atoms with Gasteiger partial charge in [-0.25, -0.2) is 4.98 Å². The third-order valence-corrected chi connectivity index (χ3v) is 7.27. The van der Waals surface area contributed by atoms with E-state index >= 15 is 0 Å². The maximum atomic E-state index is 13.3. The number of carbonyl (C=O) groups excluding carboxylic acids is 2. The van der Waals surface area contributed by atoms with Gasteiger partial charge in [0.15, 0.2) is 0 Å². The van der Waals surface area contributed by atoms with Gasteiger partial charge in [-0.1, -0.05) is 43.2 Å². The first-order chi connectivity index (χ1) is 19.5. The molecule has 0 unspecified atom stereocenters. The van der Waals surface area contributed by atoms with Crippen molar-refractivity contribution in [2.24, 2.45) is 4.99 Å². The Hall–Kier alpha value is -4.85. The second-order valence-corrected chi connectivity index (χ2v) is 10.1. The predicted octanol–water partition coefficient (Wildman–Crippen LogP) is 6.11. The van der Waals surface area contributed by atoms with Gasteiger partial charge in [0, 0.05) is 23.4 Å². The first kappa shape index (κ1) is 25.4. The fourth-order valence-electron chi connectivity index (χ4n) is 5.20. The van der Waals surface area contributed by atoms with Crippen LogP contribution in [0.4, 0.5) is 5.69 Å². The van der Waals surface area contributed by atoms with Crippen LogP contribution < -0.4 is 15.4 Å². The van der Waals surface area contributed by atoms with Crippen molar-refractivity contribution >= 4 is 23.2 Å². The van der Waals surface area contributed by atoms with Gasteiger partial charge in [-0.15, -0.1) is 0 Å². The van der Waals surface area contributed by atoms with Crippen molar-refractivity contribution in [1.82, 2.24) is 15.3 Å². The van der Waals surface area contributed by atoms with Crippen LogP contribution in [-0.4, -0.2) is 33.5 Å². The van der Waals surface area contributed by atoms with Crippen molar-refractivity contribution in [1.29, 1.82) is 0 Å². The summed E-state index contributed by atoms with van der Waals surface area (Å²) in [6, 6.07) is 20.8. The molecule has 4 aromatic rings. The Morgan fingerprint density at radius 2 is 1.68 bits per heavy atom. The van der Waals surface area contributed by atoms with Crippen molar-refractivity contribution in [3.8, 4) is 22.6 Å². The van der Waals surface area contributed by atoms with Gasteiger partial charge in [-0.3, -0.25) is 19.6 Å². The van der Waals surface area contributed by atoms with Crippen LogP contribution in [0.2, 0.25) is 0 Å². The van der Waals surface area contributed by atoms with Crippen molar-refractivity contribution in [2.75, 3.05) is 5.32 Å². The topological polar surface area (TPSA) is 106 Å². The second kappa shape index (κ2) is 11.1. The fraction of sp³-hybridized carbons (Fsp3) is 0.219. The van der Waals surface area contributed by atoms with Crippen LogP contribution in [0, 0.1) is 0 Å². The molecule has 6 rings (SSSR count). The normalized spacial score (nSPS) is 16.2. The van der Waals surface area contributed by atoms with E-state index in [4.69, 9.17) is 4.74 Å². The molecule has 2 N–H and O–H groups in total. The fourth-order valence-corrected chi connectivity index (χ4v) is 5.20. The SMILES string of the molecule is C[C@@H]1N=C(C(=O)Nc2ccc(C(=O)NC3CCCC3)nc2)c2cc(-c3cncc(Oc4ccccc4)c3)ccc21. The molecule has 40 heavy (non-hydrogen) atoms. The van der Waals surface area contributed by atoms with Crippen LogP contribution >= 0.6 is 0 Å². The maximum Gasteiger partial charge on any atom is 0.274 e. The van der Waals surface area contributed by atoms with Crippen LogP contribution in [0.5, 0.6) is 11.5 Å². The Labute approximate surface area is 232 Å². The highest BCUT2D eigenvalue weighted by molar-refractivity contribution is 6.50. The van der Waals surface area contributed by atoms with Crippen LogP contribution in [0.1, 0.15) is 60.3 Å². The lowest BCUT2D eigenvalue weighted by Crippen LogP contribution is -2.33. The van der Waals surface area contributed by atoms with Crippen LogP contribution in [0.25, 0.3) is 11.1 Å². The monoisotopic (exact) mass is 531 g/mol. The highest BCUT2D eigenvalue weighted by Gasteiger charge is 2.27. The van der Waals surface area contributed by atoms with E-state index in [9.17, 15) is 9.59 Å². The standard InChI is InChI=1S/C32H29N5O3/c1-20-27-13-11-21(22-15-26(19-33-17-22)40-25-9-3-2-4-10-25)16-28(27)30(35-20)32(39)37-24-12-14-29(34-18-24)31(38)36-23-7-5-6-8-23/h2-4,9-20,23H,5-8H2,1H3,(H,36,38)(H,37,39)/t20-/m0/s1. The van der Waals surface area contributed by atoms with Crippen molar-refractivity contribution in [3.63, 3.8) is 0 Å². The number of hydrogen-bond donors (Lipinski definition) is 2. The summed E-state index contributed by atoms with van der Waals surface area (Å²) in [4.78, 5) is 39.0. The number of para-hydroxylation sites is 1. The summed E-state index contributed by atoms with van der Waals surface area (Å²) < 4.78 is 5.95. The molecule has 1 atom stereocenters. The molecule has 0 radical (unpaired) electrons. The van der Waals surface area contributed by atoms with E-state index in [2.05, 4.69) is 25.6 Å². The Balaban J connectivity index is 1.17. The number of hydrogen-bond acceptors (Lipinski definition) is 6. The van der Waals surface area contributed by atoms with Gasteiger partial charge in [-0.2, -0.15) is 0 Å². The van der Waals surface area contributed by atoms with Crippen molar-refractivity contribution < 1.29 is 14.3 Å². The third kappa shape index (κ3) is 5.47. The predicted molar refractivity (Wildman–Crippen MR) is 154 cm³/mol. The molecule has 3 heterocycles. The molecule has 0 bridgehead atoms. The summed E-state index contributed by atoms with van der Waals surface area (Å²) in [5.41, 5.74) is 4.71. The number of nitrogens with one attached hydrogen (secondary N) is 2. The first-order valence-electron chi connectivity index (χ1n) is 13.5. The van der Waals surface area contributed by atoms with E-state index in [0.29, 0.717) is 22.8 Å². The lowest BCUT2D eigenvalue weighted by Gasteiger charge is -2.12. The number of rotatable bonds is 7. The average Bonchev–Trinajstić information content (AvgIpc) is 3.61. The molecule has 0 spiro atoms. The molecule has 2 aromatic heterocycles. The zero-order valence-corrected chi connectivity index (χ0v) is 22.1. The van der Waals surface area contributed by atoms with Gasteiger partial charge in [0.1, 0.15) is 22.9 Å². The number of pyridine rings is 2. The van der Waals surface area contributed by atoms with Crippen LogP contribution in [0.3, 0.4) is 0 Å². The van der Waals surface area contributed by atoms with Crippen molar-refractivity contribution in [3.05, 3.63) is 102 Å². The van der Waals surface area contributed by atoms with E-state index < -0.39 is 0 Å². The van der Waals surface area contributed by atoms with E-state index in [0.717, 1.165) is 53.7 Å². The Bertz CT molecular complexity index is 1580. The molecule has 1 fully saturated rings. The minimum Gasteiger partial charge on any atom is -0.456 e. The molecule has 8 nitrogen and oxygen atoms in total. The Morgan fingerprint density at radius 1 is 0.850 bits per heavy atom. The lowest BCUT2D eigenvalue weighted by atomic mass is 9.96. The molecule has 1 saturated carbocycles. The van der Waals surface area contributed by atoms with E-state index in [-0.39, 0.29) is 23.9 Å². The van der Waals surface area contributed by atoms with Gasteiger partial charge >= 0.3 is 0 Å². The largest absolute Gasteiger partial charge is 0.456 e. The van der Waals surface area contributed by atoms with E-state index in [1.807, 2.05) is 61.5 Å². The summed E-state index contributed by atoms with van der Waals surface area (Å²) in [6.07, 6.45) is 9.24. The zero-order chi connectivity index (χ0) is 27.5. The van der Waals surface area contributed by atoms with E-state index in [1.165, 1.54) is 6.20 Å². The quantitative estimate of drug-likeness (QED) is 0.299. The third-order valence-electron chi connectivity index (χ3n) is 7.27. The summed E-state index contributed by atoms with van der Waals surface area (Å²) in [5, 5.41) is 5.91. The smallest absolute Gasteiger partial charge is 0.274 e. The van der Waals surface area contributed by atoms with E-state index in [1.54, 1.807) is 24.5 Å². The van der Waals surface area contributed by atoms with Gasteiger partial charge < -0.3 is 15.4 Å². The highest BCUT2D eigenvalue weighted by Crippen LogP contribution is 2.34. The molecular weight excluding hydrogens is 502 g/mol. The number of anilines is 1. The number of nitrogens with zero attached hydrogens (tertiary/aromatic N) is 3. The summed E-state index contributed by atoms with van der Waals surface area (Å²) in [5.74, 6) is 0.837. The summed E-state index contributed by atoms with van der Waals surface area (Å²) in [6.45, 7) is 1.97. The number of aromatic nitrogens is 2. The number of ether oxygens (including phenoxy) is 1. The molecule has 0 saturated heterocycles. The molecular formula is C32H29N5O3. The van der Waals surface area contributed by atoms with Gasteiger partial charge in [-0.05, 0) is 67.3 Å².